The second-order valence-electron chi connectivity index (χ2n) is 4.58. The van der Waals surface area contributed by atoms with Crippen molar-refractivity contribution in [2.45, 2.75) is 18.9 Å². The smallest absolute Gasteiger partial charge is 0.254 e. The summed E-state index contributed by atoms with van der Waals surface area (Å²) in [5.41, 5.74) is 1.85. The first-order chi connectivity index (χ1) is 8.86. The standard InChI is InChI=1S/C15H15NO2/c17-15(12-5-2-1-3-6-12)16-9-4-7-14(16)13-8-10-18-11-13/h1-3,5-6,8,10-11,14H,4,7,9H2. The van der Waals surface area contributed by atoms with Gasteiger partial charge < -0.3 is 9.32 Å². The maximum Gasteiger partial charge on any atom is 0.254 e. The van der Waals surface area contributed by atoms with E-state index >= 15 is 0 Å². The fourth-order valence-electron chi connectivity index (χ4n) is 2.57. The minimum atomic E-state index is 0.110. The van der Waals surface area contributed by atoms with Gasteiger partial charge in [-0.15, -0.1) is 0 Å². The molecule has 0 bridgehead atoms. The molecule has 0 radical (unpaired) electrons. The summed E-state index contributed by atoms with van der Waals surface area (Å²) in [6.07, 6.45) is 5.46. The summed E-state index contributed by atoms with van der Waals surface area (Å²) in [6.45, 7) is 0.823. The number of furan rings is 1. The van der Waals surface area contributed by atoms with Crippen molar-refractivity contribution in [2.24, 2.45) is 0 Å². The SMILES string of the molecule is O=C(c1ccccc1)N1CCCC1c1ccoc1. The van der Waals surface area contributed by atoms with Gasteiger partial charge in [0.1, 0.15) is 0 Å². The number of benzene rings is 1. The lowest BCUT2D eigenvalue weighted by Gasteiger charge is -2.23. The molecule has 2 heterocycles. The second kappa shape index (κ2) is 4.69. The minimum absolute atomic E-state index is 0.110. The Balaban J connectivity index is 1.85. The summed E-state index contributed by atoms with van der Waals surface area (Å²) in [7, 11) is 0. The van der Waals surface area contributed by atoms with Gasteiger partial charge >= 0.3 is 0 Å². The van der Waals surface area contributed by atoms with E-state index in [4.69, 9.17) is 4.42 Å². The molecule has 2 aromatic rings. The molecule has 3 heteroatoms. The molecular weight excluding hydrogens is 226 g/mol. The monoisotopic (exact) mass is 241 g/mol. The highest BCUT2D eigenvalue weighted by Gasteiger charge is 2.30. The van der Waals surface area contributed by atoms with Gasteiger partial charge in [0, 0.05) is 17.7 Å². The zero-order valence-electron chi connectivity index (χ0n) is 10.1. The van der Waals surface area contributed by atoms with Gasteiger partial charge in [0.2, 0.25) is 0 Å². The third kappa shape index (κ3) is 1.92. The lowest BCUT2D eigenvalue weighted by atomic mass is 10.1. The van der Waals surface area contributed by atoms with Crippen LogP contribution in [0.1, 0.15) is 34.8 Å². The van der Waals surface area contributed by atoms with Crippen molar-refractivity contribution < 1.29 is 9.21 Å². The summed E-state index contributed by atoms with van der Waals surface area (Å²) in [5.74, 6) is 0.110. The number of nitrogens with zero attached hydrogens (tertiary/aromatic N) is 1. The average molecular weight is 241 g/mol. The largest absolute Gasteiger partial charge is 0.472 e. The van der Waals surface area contributed by atoms with Gasteiger partial charge in [0.05, 0.1) is 18.6 Å². The maximum absolute atomic E-state index is 12.4. The van der Waals surface area contributed by atoms with Crippen LogP contribution in [0.15, 0.2) is 53.3 Å². The van der Waals surface area contributed by atoms with Crippen LogP contribution >= 0.6 is 0 Å². The Hall–Kier alpha value is -2.03. The number of hydrogen-bond acceptors (Lipinski definition) is 2. The zero-order chi connectivity index (χ0) is 12.4. The Labute approximate surface area is 106 Å². The maximum atomic E-state index is 12.4. The molecule has 1 aromatic carbocycles. The highest BCUT2D eigenvalue weighted by atomic mass is 16.3. The summed E-state index contributed by atoms with van der Waals surface area (Å²) in [6, 6.07) is 11.6. The van der Waals surface area contributed by atoms with Gasteiger partial charge in [-0.05, 0) is 31.0 Å². The summed E-state index contributed by atoms with van der Waals surface area (Å²) in [4.78, 5) is 14.4. The second-order valence-corrected chi connectivity index (χ2v) is 4.58. The van der Waals surface area contributed by atoms with E-state index in [0.29, 0.717) is 0 Å². The van der Waals surface area contributed by atoms with Crippen molar-refractivity contribution in [1.82, 2.24) is 4.90 Å². The molecule has 0 spiro atoms. The van der Waals surface area contributed by atoms with Crippen LogP contribution in [0.4, 0.5) is 0 Å². The van der Waals surface area contributed by atoms with E-state index in [0.717, 1.165) is 30.5 Å². The Kier molecular flexibility index (Phi) is 2.89. The van der Waals surface area contributed by atoms with Crippen LogP contribution in [0.2, 0.25) is 0 Å². The van der Waals surface area contributed by atoms with Crippen LogP contribution in [-0.4, -0.2) is 17.4 Å². The summed E-state index contributed by atoms with van der Waals surface area (Å²) < 4.78 is 5.12. The molecule has 1 atom stereocenters. The molecule has 1 aromatic heterocycles. The average Bonchev–Trinajstić information content (AvgIpc) is 3.09. The Bertz CT molecular complexity index is 519. The Morgan fingerprint density at radius 2 is 2.06 bits per heavy atom. The van der Waals surface area contributed by atoms with Gasteiger partial charge in [0.15, 0.2) is 0 Å². The predicted octanol–water partition coefficient (Wildman–Crippen LogP) is 3.26. The zero-order valence-corrected chi connectivity index (χ0v) is 10.1. The fourth-order valence-corrected chi connectivity index (χ4v) is 2.57. The number of hydrogen-bond donors (Lipinski definition) is 0. The number of likely N-dealkylation sites (tertiary alicyclic amines) is 1. The van der Waals surface area contributed by atoms with Crippen molar-refractivity contribution in [3.8, 4) is 0 Å². The normalized spacial score (nSPS) is 19.1. The first kappa shape index (κ1) is 11.1. The van der Waals surface area contributed by atoms with E-state index in [-0.39, 0.29) is 11.9 Å². The van der Waals surface area contributed by atoms with Crippen LogP contribution in [0.5, 0.6) is 0 Å². The van der Waals surface area contributed by atoms with Crippen LogP contribution in [0, 0.1) is 0 Å². The molecule has 3 nitrogen and oxygen atoms in total. The third-order valence-corrected chi connectivity index (χ3v) is 3.46. The quantitative estimate of drug-likeness (QED) is 0.808. The van der Waals surface area contributed by atoms with Gasteiger partial charge in [0.25, 0.3) is 5.91 Å². The van der Waals surface area contributed by atoms with Crippen LogP contribution < -0.4 is 0 Å². The lowest BCUT2D eigenvalue weighted by Crippen LogP contribution is -2.30. The summed E-state index contributed by atoms with van der Waals surface area (Å²) in [5, 5.41) is 0. The Morgan fingerprint density at radius 1 is 1.22 bits per heavy atom. The molecule has 1 fully saturated rings. The van der Waals surface area contributed by atoms with E-state index in [1.165, 1.54) is 0 Å². The van der Waals surface area contributed by atoms with Gasteiger partial charge in [-0.25, -0.2) is 0 Å². The summed E-state index contributed by atoms with van der Waals surface area (Å²) >= 11 is 0. The van der Waals surface area contributed by atoms with Gasteiger partial charge in [-0.3, -0.25) is 4.79 Å². The van der Waals surface area contributed by atoms with Crippen molar-refractivity contribution in [3.05, 3.63) is 60.1 Å². The Morgan fingerprint density at radius 3 is 2.78 bits per heavy atom. The number of amides is 1. The molecule has 1 aliphatic heterocycles. The molecule has 0 N–H and O–H groups in total. The molecule has 18 heavy (non-hydrogen) atoms. The van der Waals surface area contributed by atoms with Crippen molar-refractivity contribution in [2.75, 3.05) is 6.54 Å². The number of rotatable bonds is 2. The van der Waals surface area contributed by atoms with Crippen molar-refractivity contribution in [3.63, 3.8) is 0 Å². The van der Waals surface area contributed by atoms with Gasteiger partial charge in [-0.2, -0.15) is 0 Å². The van der Waals surface area contributed by atoms with Crippen LogP contribution in [0.3, 0.4) is 0 Å². The lowest BCUT2D eigenvalue weighted by molar-refractivity contribution is 0.0735. The van der Waals surface area contributed by atoms with Crippen molar-refractivity contribution >= 4 is 5.91 Å². The van der Waals surface area contributed by atoms with Crippen LogP contribution in [-0.2, 0) is 0 Å². The topological polar surface area (TPSA) is 33.5 Å². The predicted molar refractivity (Wildman–Crippen MR) is 68.2 cm³/mol. The van der Waals surface area contributed by atoms with Crippen LogP contribution in [0.25, 0.3) is 0 Å². The molecule has 1 amide bonds. The van der Waals surface area contributed by atoms with E-state index in [1.807, 2.05) is 41.3 Å². The highest BCUT2D eigenvalue weighted by molar-refractivity contribution is 5.94. The number of carbonyl (C=O) groups excluding carboxylic acids is 1. The molecule has 1 saturated heterocycles. The van der Waals surface area contributed by atoms with Gasteiger partial charge in [-0.1, -0.05) is 18.2 Å². The molecule has 92 valence electrons. The molecular formula is C15H15NO2. The molecule has 1 unspecified atom stereocenters. The number of carbonyl (C=O) groups is 1. The molecule has 3 rings (SSSR count). The van der Waals surface area contributed by atoms with E-state index in [9.17, 15) is 4.79 Å². The first-order valence-electron chi connectivity index (χ1n) is 6.24. The van der Waals surface area contributed by atoms with E-state index in [2.05, 4.69) is 0 Å². The van der Waals surface area contributed by atoms with E-state index in [1.54, 1.807) is 12.5 Å². The minimum Gasteiger partial charge on any atom is -0.472 e. The fraction of sp³-hybridized carbons (Fsp3) is 0.267. The molecule has 1 aliphatic rings. The molecule has 0 aliphatic carbocycles. The first-order valence-corrected chi connectivity index (χ1v) is 6.24. The highest BCUT2D eigenvalue weighted by Crippen LogP contribution is 2.33. The van der Waals surface area contributed by atoms with E-state index < -0.39 is 0 Å². The third-order valence-electron chi connectivity index (χ3n) is 3.46. The molecule has 0 saturated carbocycles. The van der Waals surface area contributed by atoms with Crippen molar-refractivity contribution in [1.29, 1.82) is 0 Å².